The normalized spacial score (nSPS) is 55.4. The summed E-state index contributed by atoms with van der Waals surface area (Å²) in [6, 6.07) is 0. The molecule has 4 rings (SSSR count). The molecule has 0 unspecified atom stereocenters. The first kappa shape index (κ1) is 16.0. The second-order valence-electron chi connectivity index (χ2n) is 8.99. The number of hydrogen-bond donors (Lipinski definition) is 2. The fourth-order valence-corrected chi connectivity index (χ4v) is 7.61. The van der Waals surface area contributed by atoms with Crippen molar-refractivity contribution in [1.82, 2.24) is 0 Å². The van der Waals surface area contributed by atoms with Crippen LogP contribution < -0.4 is 0 Å². The first-order chi connectivity index (χ1) is 11.0. The van der Waals surface area contributed by atoms with Crippen LogP contribution >= 0.6 is 0 Å². The zero-order valence-corrected chi connectivity index (χ0v) is 14.5. The Bertz CT molecular complexity index is 508. The van der Waals surface area contributed by atoms with Crippen molar-refractivity contribution in [2.75, 3.05) is 0 Å². The Labute approximate surface area is 141 Å². The van der Waals surface area contributed by atoms with Crippen LogP contribution in [0.5, 0.6) is 0 Å². The topological polar surface area (TPSA) is 40.5 Å². The van der Waals surface area contributed by atoms with Crippen LogP contribution in [0.4, 0.5) is 0 Å². The Morgan fingerprint density at radius 1 is 1.00 bits per heavy atom. The van der Waals surface area contributed by atoms with E-state index in [9.17, 15) is 10.2 Å². The third-order valence-corrected chi connectivity index (χ3v) is 8.65. The number of hydrogen-bond acceptors (Lipinski definition) is 2. The van der Waals surface area contributed by atoms with E-state index in [0.717, 1.165) is 62.2 Å². The lowest BCUT2D eigenvalue weighted by Gasteiger charge is -2.57. The van der Waals surface area contributed by atoms with Gasteiger partial charge >= 0.3 is 0 Å². The monoisotopic (exact) mass is 316 g/mol. The molecule has 0 saturated heterocycles. The van der Waals surface area contributed by atoms with Gasteiger partial charge in [-0.2, -0.15) is 0 Å². The molecule has 0 heterocycles. The quantitative estimate of drug-likeness (QED) is 0.723. The zero-order valence-electron chi connectivity index (χ0n) is 14.5. The average Bonchev–Trinajstić information content (AvgIpc) is 2.88. The molecule has 0 radical (unpaired) electrons. The Morgan fingerprint density at radius 2 is 1.78 bits per heavy atom. The highest BCUT2D eigenvalue weighted by Crippen LogP contribution is 2.66. The van der Waals surface area contributed by atoms with Crippen LogP contribution in [-0.2, 0) is 0 Å². The molecule has 4 saturated carbocycles. The molecule has 4 aliphatic carbocycles. The summed E-state index contributed by atoms with van der Waals surface area (Å²) in [6.07, 6.45) is 16.9. The van der Waals surface area contributed by atoms with Gasteiger partial charge in [0.2, 0.25) is 0 Å². The maximum absolute atomic E-state index is 11.1. The molecular formula is C21H32O2. The molecule has 2 nitrogen and oxygen atoms in total. The minimum atomic E-state index is -0.864. The number of aliphatic hydroxyl groups excluding tert-OH is 1. The molecule has 23 heavy (non-hydrogen) atoms. The summed E-state index contributed by atoms with van der Waals surface area (Å²) in [5.74, 6) is 6.61. The van der Waals surface area contributed by atoms with E-state index in [-0.39, 0.29) is 11.5 Å². The lowest BCUT2D eigenvalue weighted by molar-refractivity contribution is -0.121. The van der Waals surface area contributed by atoms with Gasteiger partial charge in [-0.1, -0.05) is 12.8 Å². The van der Waals surface area contributed by atoms with E-state index in [1.165, 1.54) is 25.7 Å². The molecule has 0 amide bonds. The van der Waals surface area contributed by atoms with Crippen molar-refractivity contribution >= 4 is 0 Å². The number of aliphatic hydroxyl groups is 2. The van der Waals surface area contributed by atoms with Gasteiger partial charge in [-0.25, -0.2) is 0 Å². The predicted molar refractivity (Wildman–Crippen MR) is 91.5 cm³/mol. The first-order valence-corrected chi connectivity index (χ1v) is 9.93. The van der Waals surface area contributed by atoms with Crippen LogP contribution in [0, 0.1) is 47.3 Å². The van der Waals surface area contributed by atoms with Gasteiger partial charge in [-0.3, -0.25) is 0 Å². The maximum Gasteiger partial charge on any atom is 0.131 e. The molecule has 0 aliphatic heterocycles. The van der Waals surface area contributed by atoms with Crippen LogP contribution in [0.15, 0.2) is 0 Å². The lowest BCUT2D eigenvalue weighted by Crippen LogP contribution is -2.54. The number of fused-ring (bicyclic) bond motifs is 5. The van der Waals surface area contributed by atoms with E-state index in [1.807, 2.05) is 0 Å². The minimum absolute atomic E-state index is 0.0239. The fraction of sp³-hybridized carbons (Fsp3) is 0.905. The molecule has 4 aliphatic rings. The summed E-state index contributed by atoms with van der Waals surface area (Å²) >= 11 is 0. The van der Waals surface area contributed by atoms with Crippen LogP contribution in [0.25, 0.3) is 0 Å². The van der Waals surface area contributed by atoms with Crippen molar-refractivity contribution in [3.8, 4) is 12.3 Å². The van der Waals surface area contributed by atoms with E-state index in [1.54, 1.807) is 0 Å². The van der Waals surface area contributed by atoms with Crippen LogP contribution in [0.2, 0.25) is 0 Å². The van der Waals surface area contributed by atoms with Crippen molar-refractivity contribution in [3.05, 3.63) is 0 Å². The molecule has 0 bridgehead atoms. The molecule has 0 aromatic heterocycles. The van der Waals surface area contributed by atoms with Gasteiger partial charge in [-0.05, 0) is 93.8 Å². The fourth-order valence-electron chi connectivity index (χ4n) is 7.61. The number of rotatable bonds is 1. The molecule has 2 heteroatoms. The molecule has 8 atom stereocenters. The smallest absolute Gasteiger partial charge is 0.131 e. The molecule has 0 aromatic carbocycles. The van der Waals surface area contributed by atoms with Gasteiger partial charge in [0.05, 0.1) is 6.10 Å². The standard InChI is InChI=1S/C21H32O2/c1-3-20-11-9-17-16-8-6-15(22)13-14(16)5-7-18(17)19(20)10-12-21(20,23)4-2/h2,14-19,22-23H,3,5-13H2,1H3/t14-,15+,16-,17+,18+,19-,20-,21-/m0/s1. The van der Waals surface area contributed by atoms with E-state index in [0.29, 0.717) is 5.92 Å². The van der Waals surface area contributed by atoms with E-state index >= 15 is 0 Å². The second kappa shape index (κ2) is 5.50. The molecule has 4 fully saturated rings. The van der Waals surface area contributed by atoms with Gasteiger partial charge in [-0.15, -0.1) is 6.42 Å². The van der Waals surface area contributed by atoms with Crippen molar-refractivity contribution < 1.29 is 10.2 Å². The van der Waals surface area contributed by atoms with Crippen LogP contribution in [0.1, 0.15) is 71.1 Å². The minimum Gasteiger partial charge on any atom is -0.393 e. The van der Waals surface area contributed by atoms with Gasteiger partial charge in [0.1, 0.15) is 5.60 Å². The summed E-state index contributed by atoms with van der Waals surface area (Å²) in [7, 11) is 0. The van der Waals surface area contributed by atoms with Crippen molar-refractivity contribution in [3.63, 3.8) is 0 Å². The van der Waals surface area contributed by atoms with Gasteiger partial charge in [0.15, 0.2) is 0 Å². The summed E-state index contributed by atoms with van der Waals surface area (Å²) in [6.45, 7) is 2.24. The van der Waals surface area contributed by atoms with Gasteiger partial charge < -0.3 is 10.2 Å². The summed E-state index contributed by atoms with van der Waals surface area (Å²) in [5.41, 5.74) is -0.888. The largest absolute Gasteiger partial charge is 0.393 e. The maximum atomic E-state index is 11.1. The molecule has 128 valence electrons. The molecular weight excluding hydrogens is 284 g/mol. The van der Waals surface area contributed by atoms with Crippen LogP contribution in [-0.4, -0.2) is 21.9 Å². The third kappa shape index (κ3) is 2.09. The molecule has 2 N–H and O–H groups in total. The Hall–Kier alpha value is -0.520. The van der Waals surface area contributed by atoms with Gasteiger partial charge in [0, 0.05) is 5.41 Å². The van der Waals surface area contributed by atoms with Crippen LogP contribution in [0.3, 0.4) is 0 Å². The first-order valence-electron chi connectivity index (χ1n) is 9.93. The summed E-state index contributed by atoms with van der Waals surface area (Å²) < 4.78 is 0. The summed E-state index contributed by atoms with van der Waals surface area (Å²) in [5, 5.41) is 21.2. The van der Waals surface area contributed by atoms with Gasteiger partial charge in [0.25, 0.3) is 0 Å². The SMILES string of the molecule is C#C[C@]1(O)CC[C@H]2[C@@H]3CC[C@H]4C[C@H](O)CC[C@@H]4[C@H]3CC[C@@]21CC. The third-order valence-electron chi connectivity index (χ3n) is 8.65. The predicted octanol–water partition coefficient (Wildman–Crippen LogP) is 3.75. The Balaban J connectivity index is 1.62. The van der Waals surface area contributed by atoms with E-state index in [4.69, 9.17) is 6.42 Å². The van der Waals surface area contributed by atoms with E-state index in [2.05, 4.69) is 12.8 Å². The highest BCUT2D eigenvalue weighted by atomic mass is 16.3. The van der Waals surface area contributed by atoms with Crippen molar-refractivity contribution in [2.24, 2.45) is 35.0 Å². The Morgan fingerprint density at radius 3 is 2.52 bits per heavy atom. The average molecular weight is 316 g/mol. The zero-order chi connectivity index (χ0) is 16.2. The Kier molecular flexibility index (Phi) is 3.82. The highest BCUT2D eigenvalue weighted by molar-refractivity contribution is 5.24. The highest BCUT2D eigenvalue weighted by Gasteiger charge is 2.63. The molecule has 0 aromatic rings. The van der Waals surface area contributed by atoms with Crippen molar-refractivity contribution in [1.29, 1.82) is 0 Å². The number of terminal acetylenes is 1. The molecule has 0 spiro atoms. The van der Waals surface area contributed by atoms with Crippen molar-refractivity contribution in [2.45, 2.75) is 82.8 Å². The van der Waals surface area contributed by atoms with E-state index < -0.39 is 5.60 Å². The second-order valence-corrected chi connectivity index (χ2v) is 8.99. The summed E-state index contributed by atoms with van der Waals surface area (Å²) in [4.78, 5) is 0. The lowest BCUT2D eigenvalue weighted by atomic mass is 9.48.